The van der Waals surface area contributed by atoms with Gasteiger partial charge in [0.2, 0.25) is 5.91 Å². The summed E-state index contributed by atoms with van der Waals surface area (Å²) in [5.74, 6) is 0.0519. The van der Waals surface area contributed by atoms with Crippen molar-refractivity contribution >= 4 is 17.2 Å². The molecule has 1 unspecified atom stereocenters. The summed E-state index contributed by atoms with van der Waals surface area (Å²) < 4.78 is 0. The minimum Gasteiger partial charge on any atom is -0.395 e. The number of aliphatic hydroxyl groups is 1. The lowest BCUT2D eigenvalue weighted by molar-refractivity contribution is -0.132. The molecule has 0 aliphatic heterocycles. The summed E-state index contributed by atoms with van der Waals surface area (Å²) >= 11 is 1.64. The second-order valence-electron chi connectivity index (χ2n) is 4.59. The Bertz CT molecular complexity index is 392. The van der Waals surface area contributed by atoms with Crippen LogP contribution in [0.1, 0.15) is 11.8 Å². The zero-order chi connectivity index (χ0) is 14.3. The monoisotopic (exact) mass is 282 g/mol. The number of hydrogen-bond acceptors (Lipinski definition) is 4. The van der Waals surface area contributed by atoms with E-state index in [-0.39, 0.29) is 18.6 Å². The maximum absolute atomic E-state index is 12.2. The molecule has 0 fully saturated rings. The molecule has 1 N–H and O–H groups in total. The highest BCUT2D eigenvalue weighted by molar-refractivity contribution is 7.09. The molecule has 1 aromatic heterocycles. The van der Waals surface area contributed by atoms with E-state index >= 15 is 0 Å². The summed E-state index contributed by atoms with van der Waals surface area (Å²) in [7, 11) is 1.84. The number of thiophene rings is 1. The predicted octanol–water partition coefficient (Wildman–Crippen LogP) is 1.58. The number of carbonyl (C=O) groups excluding carboxylic acids is 1. The highest BCUT2D eigenvalue weighted by atomic mass is 32.1. The van der Waals surface area contributed by atoms with Gasteiger partial charge in [-0.3, -0.25) is 9.69 Å². The summed E-state index contributed by atoms with van der Waals surface area (Å²) in [6.45, 7) is 7.10. The predicted molar refractivity (Wildman–Crippen MR) is 79.1 cm³/mol. The molecule has 1 rings (SSSR count). The molecule has 1 heterocycles. The van der Waals surface area contributed by atoms with Crippen LogP contribution < -0.4 is 0 Å². The van der Waals surface area contributed by atoms with Gasteiger partial charge in [0.05, 0.1) is 19.7 Å². The topological polar surface area (TPSA) is 43.8 Å². The molecule has 1 atom stereocenters. The van der Waals surface area contributed by atoms with E-state index in [4.69, 9.17) is 5.11 Å². The van der Waals surface area contributed by atoms with Gasteiger partial charge in [-0.05, 0) is 25.4 Å². The minimum absolute atomic E-state index is 0.0173. The Morgan fingerprint density at radius 1 is 1.63 bits per heavy atom. The van der Waals surface area contributed by atoms with Crippen molar-refractivity contribution in [1.29, 1.82) is 0 Å². The van der Waals surface area contributed by atoms with Crippen molar-refractivity contribution in [1.82, 2.24) is 9.80 Å². The third-order valence-electron chi connectivity index (χ3n) is 3.03. The molecule has 19 heavy (non-hydrogen) atoms. The quantitative estimate of drug-likeness (QED) is 0.736. The molecule has 0 aliphatic rings. The average molecular weight is 282 g/mol. The molecule has 0 aliphatic carbocycles. The molecular formula is C14H22N2O2S. The van der Waals surface area contributed by atoms with Crippen molar-refractivity contribution in [3.05, 3.63) is 35.0 Å². The smallest absolute Gasteiger partial charge is 0.237 e. The maximum Gasteiger partial charge on any atom is 0.237 e. The van der Waals surface area contributed by atoms with Crippen LogP contribution in [0, 0.1) is 0 Å². The Labute approximate surface area is 119 Å². The van der Waals surface area contributed by atoms with Crippen molar-refractivity contribution in [2.75, 3.05) is 26.7 Å². The first-order chi connectivity index (χ1) is 9.08. The summed E-state index contributed by atoms with van der Waals surface area (Å²) in [4.78, 5) is 17.0. The molecule has 0 saturated heterocycles. The molecule has 1 aromatic rings. The molecule has 0 radical (unpaired) electrons. The number of rotatable bonds is 8. The summed E-state index contributed by atoms with van der Waals surface area (Å²) in [5.41, 5.74) is 0. The number of nitrogens with zero attached hydrogens (tertiary/aromatic N) is 2. The van der Waals surface area contributed by atoms with Crippen molar-refractivity contribution in [3.8, 4) is 0 Å². The molecule has 0 spiro atoms. The van der Waals surface area contributed by atoms with Crippen molar-refractivity contribution in [2.45, 2.75) is 19.5 Å². The van der Waals surface area contributed by atoms with Crippen LogP contribution in [0.2, 0.25) is 0 Å². The van der Waals surface area contributed by atoms with Crippen molar-refractivity contribution < 1.29 is 9.90 Å². The van der Waals surface area contributed by atoms with Crippen molar-refractivity contribution in [3.63, 3.8) is 0 Å². The first-order valence-corrected chi connectivity index (χ1v) is 7.18. The number of carbonyl (C=O) groups is 1. The first kappa shape index (κ1) is 15.9. The minimum atomic E-state index is -0.0173. The third-order valence-corrected chi connectivity index (χ3v) is 3.89. The molecule has 1 amide bonds. The van der Waals surface area contributed by atoms with Gasteiger partial charge in [0.1, 0.15) is 0 Å². The second-order valence-corrected chi connectivity index (χ2v) is 5.62. The Hall–Kier alpha value is -1.17. The van der Waals surface area contributed by atoms with E-state index < -0.39 is 0 Å². The van der Waals surface area contributed by atoms with Crippen LogP contribution in [0.4, 0.5) is 0 Å². The lowest BCUT2D eigenvalue weighted by Gasteiger charge is -2.27. The fourth-order valence-electron chi connectivity index (χ4n) is 1.61. The second kappa shape index (κ2) is 8.09. The van der Waals surface area contributed by atoms with E-state index in [1.165, 1.54) is 0 Å². The van der Waals surface area contributed by atoms with Crippen LogP contribution in [0.5, 0.6) is 0 Å². The van der Waals surface area contributed by atoms with Crippen LogP contribution in [0.3, 0.4) is 0 Å². The maximum atomic E-state index is 12.2. The van der Waals surface area contributed by atoms with Gasteiger partial charge in [0.25, 0.3) is 0 Å². The third kappa shape index (κ3) is 5.14. The summed E-state index contributed by atoms with van der Waals surface area (Å²) in [6.07, 6.45) is 1.74. The van der Waals surface area contributed by atoms with Gasteiger partial charge in [0, 0.05) is 17.5 Å². The van der Waals surface area contributed by atoms with Crippen LogP contribution >= 0.6 is 11.3 Å². The Morgan fingerprint density at radius 3 is 2.89 bits per heavy atom. The highest BCUT2D eigenvalue weighted by Crippen LogP contribution is 2.12. The Kier molecular flexibility index (Phi) is 6.77. The van der Waals surface area contributed by atoms with E-state index in [2.05, 4.69) is 6.58 Å². The number of hydrogen-bond donors (Lipinski definition) is 1. The van der Waals surface area contributed by atoms with E-state index in [1.54, 1.807) is 22.3 Å². The molecular weight excluding hydrogens is 260 g/mol. The van der Waals surface area contributed by atoms with E-state index in [9.17, 15) is 4.79 Å². The molecule has 0 saturated carbocycles. The number of amides is 1. The zero-order valence-corrected chi connectivity index (χ0v) is 12.4. The van der Waals surface area contributed by atoms with E-state index in [0.717, 1.165) is 4.88 Å². The molecule has 4 nitrogen and oxygen atoms in total. The molecule has 106 valence electrons. The fourth-order valence-corrected chi connectivity index (χ4v) is 2.33. The van der Waals surface area contributed by atoms with Crippen LogP contribution in [-0.4, -0.2) is 53.6 Å². The zero-order valence-electron chi connectivity index (χ0n) is 11.6. The van der Waals surface area contributed by atoms with Crippen LogP contribution in [0.15, 0.2) is 30.2 Å². The molecule has 5 heteroatoms. The lowest BCUT2D eigenvalue weighted by Crippen LogP contribution is -2.42. The van der Waals surface area contributed by atoms with Gasteiger partial charge in [-0.25, -0.2) is 0 Å². The van der Waals surface area contributed by atoms with E-state index in [1.807, 2.05) is 36.4 Å². The van der Waals surface area contributed by atoms with Crippen LogP contribution in [-0.2, 0) is 11.3 Å². The largest absolute Gasteiger partial charge is 0.395 e. The average Bonchev–Trinajstić information content (AvgIpc) is 2.90. The summed E-state index contributed by atoms with van der Waals surface area (Å²) in [5, 5.41) is 11.1. The van der Waals surface area contributed by atoms with Crippen LogP contribution in [0.25, 0.3) is 0 Å². The van der Waals surface area contributed by atoms with Gasteiger partial charge in [-0.2, -0.15) is 0 Å². The molecule has 0 aromatic carbocycles. The van der Waals surface area contributed by atoms with Gasteiger partial charge >= 0.3 is 0 Å². The van der Waals surface area contributed by atoms with Gasteiger partial charge < -0.3 is 10.0 Å². The fraction of sp³-hybridized carbons (Fsp3) is 0.500. The Balaban J connectivity index is 2.60. The molecule has 0 bridgehead atoms. The lowest BCUT2D eigenvalue weighted by atomic mass is 10.3. The number of likely N-dealkylation sites (N-methyl/N-ethyl adjacent to an activating group) is 1. The van der Waals surface area contributed by atoms with Gasteiger partial charge in [0.15, 0.2) is 0 Å². The number of aliphatic hydroxyl groups excluding tert-OH is 1. The first-order valence-electron chi connectivity index (χ1n) is 6.30. The van der Waals surface area contributed by atoms with Crippen molar-refractivity contribution in [2.24, 2.45) is 0 Å². The normalized spacial score (nSPS) is 12.4. The standard InChI is InChI=1S/C14H22N2O2S/c1-4-7-16(9-13-6-5-8-19-13)14(18)10-15(3)12(2)11-17/h4-6,8,12,17H,1,7,9-11H2,2-3H3. The van der Waals surface area contributed by atoms with E-state index in [0.29, 0.717) is 19.6 Å². The summed E-state index contributed by atoms with van der Waals surface area (Å²) in [6, 6.07) is 3.99. The van der Waals surface area contributed by atoms with Gasteiger partial charge in [-0.15, -0.1) is 17.9 Å². The SMILES string of the molecule is C=CCN(Cc1cccs1)C(=O)CN(C)C(C)CO. The Morgan fingerprint density at radius 2 is 2.37 bits per heavy atom. The van der Waals surface area contributed by atoms with Gasteiger partial charge in [-0.1, -0.05) is 12.1 Å². The highest BCUT2D eigenvalue weighted by Gasteiger charge is 2.17.